The average molecular weight is 249 g/mol. The third kappa shape index (κ3) is 1.74. The predicted octanol–water partition coefficient (Wildman–Crippen LogP) is 2.12. The maximum Gasteiger partial charge on any atom is 0.347 e. The van der Waals surface area contributed by atoms with Crippen LogP contribution >= 0.6 is 11.3 Å². The number of aromatic nitrogens is 3. The van der Waals surface area contributed by atoms with Crippen molar-refractivity contribution in [2.24, 2.45) is 7.05 Å². The molecule has 0 aliphatic heterocycles. The Labute approximate surface area is 102 Å². The standard InChI is InChI=1S/C11H11N3O2S/c1-14-5-12-4-7(14)10-13-8(6-2-3-6)9(17-10)11(15)16/h4-6H,2-3H2,1H3,(H,15,16). The van der Waals surface area contributed by atoms with E-state index >= 15 is 0 Å². The molecule has 17 heavy (non-hydrogen) atoms. The molecule has 88 valence electrons. The summed E-state index contributed by atoms with van der Waals surface area (Å²) in [6, 6.07) is 0. The summed E-state index contributed by atoms with van der Waals surface area (Å²) in [7, 11) is 1.88. The number of carboxylic acid groups (broad SMARTS) is 1. The molecule has 0 amide bonds. The molecule has 0 saturated heterocycles. The molecule has 1 fully saturated rings. The van der Waals surface area contributed by atoms with Gasteiger partial charge in [0.25, 0.3) is 0 Å². The minimum atomic E-state index is -0.877. The molecule has 3 rings (SSSR count). The Balaban J connectivity index is 2.10. The average Bonchev–Trinajstić information content (AvgIpc) is 2.88. The molecule has 0 aromatic carbocycles. The van der Waals surface area contributed by atoms with E-state index < -0.39 is 5.97 Å². The summed E-state index contributed by atoms with van der Waals surface area (Å²) < 4.78 is 1.85. The number of aromatic carboxylic acids is 1. The van der Waals surface area contributed by atoms with Crippen LogP contribution < -0.4 is 0 Å². The van der Waals surface area contributed by atoms with Crippen LogP contribution in [0.5, 0.6) is 0 Å². The van der Waals surface area contributed by atoms with Crippen molar-refractivity contribution in [1.82, 2.24) is 14.5 Å². The molecule has 5 nitrogen and oxygen atoms in total. The van der Waals surface area contributed by atoms with Gasteiger partial charge in [-0.15, -0.1) is 11.3 Å². The molecule has 1 aliphatic rings. The van der Waals surface area contributed by atoms with Gasteiger partial charge in [0.1, 0.15) is 9.88 Å². The lowest BCUT2D eigenvalue weighted by atomic mass is 10.2. The molecule has 0 spiro atoms. The van der Waals surface area contributed by atoms with Crippen molar-refractivity contribution < 1.29 is 9.90 Å². The second kappa shape index (κ2) is 3.66. The van der Waals surface area contributed by atoms with Crippen LogP contribution in [0.25, 0.3) is 10.7 Å². The maximum absolute atomic E-state index is 11.2. The topological polar surface area (TPSA) is 68.0 Å². The van der Waals surface area contributed by atoms with Gasteiger partial charge in [0.15, 0.2) is 0 Å². The van der Waals surface area contributed by atoms with E-state index in [2.05, 4.69) is 9.97 Å². The first-order valence-electron chi connectivity index (χ1n) is 5.37. The van der Waals surface area contributed by atoms with Crippen LogP contribution in [0.2, 0.25) is 0 Å². The van der Waals surface area contributed by atoms with E-state index in [0.29, 0.717) is 10.8 Å². The van der Waals surface area contributed by atoms with Crippen LogP contribution in [-0.4, -0.2) is 25.6 Å². The first-order chi connectivity index (χ1) is 8.16. The van der Waals surface area contributed by atoms with E-state index in [9.17, 15) is 9.90 Å². The van der Waals surface area contributed by atoms with Crippen molar-refractivity contribution in [3.63, 3.8) is 0 Å². The zero-order valence-electron chi connectivity index (χ0n) is 9.25. The second-order valence-corrected chi connectivity index (χ2v) is 5.20. The zero-order chi connectivity index (χ0) is 12.0. The number of hydrogen-bond acceptors (Lipinski definition) is 4. The van der Waals surface area contributed by atoms with Gasteiger partial charge in [-0.05, 0) is 12.8 Å². The first kappa shape index (κ1) is 10.5. The Morgan fingerprint density at radius 3 is 2.88 bits per heavy atom. The van der Waals surface area contributed by atoms with Crippen molar-refractivity contribution >= 4 is 17.3 Å². The van der Waals surface area contributed by atoms with Gasteiger partial charge in [-0.3, -0.25) is 0 Å². The number of rotatable bonds is 3. The molecular formula is C11H11N3O2S. The lowest BCUT2D eigenvalue weighted by Gasteiger charge is -1.95. The Kier molecular flexibility index (Phi) is 2.25. The van der Waals surface area contributed by atoms with E-state index in [0.717, 1.165) is 29.2 Å². The molecule has 0 atom stereocenters. The molecule has 2 aromatic rings. The monoisotopic (exact) mass is 249 g/mol. The van der Waals surface area contributed by atoms with Crippen LogP contribution in [0.3, 0.4) is 0 Å². The summed E-state index contributed by atoms with van der Waals surface area (Å²) in [5.74, 6) is -0.530. The predicted molar refractivity (Wildman–Crippen MR) is 63.3 cm³/mol. The smallest absolute Gasteiger partial charge is 0.347 e. The molecule has 2 heterocycles. The number of hydrogen-bond donors (Lipinski definition) is 1. The molecule has 2 aromatic heterocycles. The summed E-state index contributed by atoms with van der Waals surface area (Å²) in [6.07, 6.45) is 5.50. The van der Waals surface area contributed by atoms with Gasteiger partial charge in [-0.25, -0.2) is 14.8 Å². The molecule has 6 heteroatoms. The van der Waals surface area contributed by atoms with Crippen LogP contribution in [0.4, 0.5) is 0 Å². The van der Waals surface area contributed by atoms with Gasteiger partial charge >= 0.3 is 5.97 Å². The first-order valence-corrected chi connectivity index (χ1v) is 6.19. The summed E-state index contributed by atoms with van der Waals surface area (Å²) in [5, 5.41) is 9.91. The molecule has 0 unspecified atom stereocenters. The van der Waals surface area contributed by atoms with Gasteiger partial charge in [-0.1, -0.05) is 0 Å². The third-order valence-corrected chi connectivity index (χ3v) is 3.93. The van der Waals surface area contributed by atoms with Gasteiger partial charge < -0.3 is 9.67 Å². The Morgan fingerprint density at radius 2 is 2.35 bits per heavy atom. The van der Waals surface area contributed by atoms with Crippen LogP contribution in [-0.2, 0) is 7.05 Å². The number of imidazole rings is 1. The Bertz CT molecular complexity index is 583. The van der Waals surface area contributed by atoms with Crippen molar-refractivity contribution in [3.05, 3.63) is 23.1 Å². The fourth-order valence-electron chi connectivity index (χ4n) is 1.79. The molecule has 1 N–H and O–H groups in total. The fraction of sp³-hybridized carbons (Fsp3) is 0.364. The van der Waals surface area contributed by atoms with Crippen LogP contribution in [0.1, 0.15) is 34.1 Å². The van der Waals surface area contributed by atoms with E-state index in [1.165, 1.54) is 11.3 Å². The van der Waals surface area contributed by atoms with E-state index in [1.807, 2.05) is 11.6 Å². The van der Waals surface area contributed by atoms with Crippen molar-refractivity contribution in [2.75, 3.05) is 0 Å². The van der Waals surface area contributed by atoms with Crippen molar-refractivity contribution in [2.45, 2.75) is 18.8 Å². The molecule has 0 radical (unpaired) electrons. The van der Waals surface area contributed by atoms with Crippen molar-refractivity contribution in [1.29, 1.82) is 0 Å². The van der Waals surface area contributed by atoms with Crippen LogP contribution in [0, 0.1) is 0 Å². The third-order valence-electron chi connectivity index (χ3n) is 2.85. The summed E-state index contributed by atoms with van der Waals surface area (Å²) in [6.45, 7) is 0. The van der Waals surface area contributed by atoms with Gasteiger partial charge in [-0.2, -0.15) is 0 Å². The lowest BCUT2D eigenvalue weighted by molar-refractivity contribution is 0.0700. The van der Waals surface area contributed by atoms with E-state index in [1.54, 1.807) is 12.5 Å². The van der Waals surface area contributed by atoms with Gasteiger partial charge in [0, 0.05) is 13.0 Å². The number of thiazole rings is 1. The number of nitrogens with zero attached hydrogens (tertiary/aromatic N) is 3. The highest BCUT2D eigenvalue weighted by Crippen LogP contribution is 2.44. The highest BCUT2D eigenvalue weighted by atomic mass is 32.1. The highest BCUT2D eigenvalue weighted by Gasteiger charge is 2.32. The largest absolute Gasteiger partial charge is 0.477 e. The van der Waals surface area contributed by atoms with E-state index in [4.69, 9.17) is 0 Å². The van der Waals surface area contributed by atoms with E-state index in [-0.39, 0.29) is 0 Å². The fourth-order valence-corrected chi connectivity index (χ4v) is 2.83. The van der Waals surface area contributed by atoms with Crippen LogP contribution in [0.15, 0.2) is 12.5 Å². The Hall–Kier alpha value is -1.69. The Morgan fingerprint density at radius 1 is 1.59 bits per heavy atom. The summed E-state index contributed by atoms with van der Waals surface area (Å²) in [5.41, 5.74) is 1.61. The number of carbonyl (C=O) groups is 1. The maximum atomic E-state index is 11.2. The normalized spacial score (nSPS) is 15.1. The van der Waals surface area contributed by atoms with Gasteiger partial charge in [0.2, 0.25) is 0 Å². The number of carboxylic acids is 1. The zero-order valence-corrected chi connectivity index (χ0v) is 10.1. The molecular weight excluding hydrogens is 238 g/mol. The van der Waals surface area contributed by atoms with Gasteiger partial charge in [0.05, 0.1) is 23.9 Å². The highest BCUT2D eigenvalue weighted by molar-refractivity contribution is 7.17. The SMILES string of the molecule is Cn1cncc1-c1nc(C2CC2)c(C(=O)O)s1. The molecule has 1 saturated carbocycles. The minimum absolute atomic E-state index is 0.347. The molecule has 0 bridgehead atoms. The number of aryl methyl sites for hydroxylation is 1. The minimum Gasteiger partial charge on any atom is -0.477 e. The van der Waals surface area contributed by atoms with Crippen molar-refractivity contribution in [3.8, 4) is 10.7 Å². The summed E-state index contributed by atoms with van der Waals surface area (Å²) in [4.78, 5) is 20.0. The summed E-state index contributed by atoms with van der Waals surface area (Å²) >= 11 is 1.24. The lowest BCUT2D eigenvalue weighted by Crippen LogP contribution is -1.97. The quantitative estimate of drug-likeness (QED) is 0.904. The molecule has 1 aliphatic carbocycles. The second-order valence-electron chi connectivity index (χ2n) is 4.20.